The number of halogens is 2. The fourth-order valence-corrected chi connectivity index (χ4v) is 2.78. The van der Waals surface area contributed by atoms with Crippen LogP contribution < -0.4 is 0 Å². The first-order chi connectivity index (χ1) is 8.19. The Morgan fingerprint density at radius 3 is 2.41 bits per heavy atom. The minimum atomic E-state index is -0.127. The van der Waals surface area contributed by atoms with E-state index >= 15 is 0 Å². The molecule has 0 amide bonds. The van der Waals surface area contributed by atoms with Crippen LogP contribution in [0.1, 0.15) is 38.7 Å². The maximum Gasteiger partial charge on any atom is 0.123 e. The van der Waals surface area contributed by atoms with Gasteiger partial charge in [0.05, 0.1) is 0 Å². The lowest BCUT2D eigenvalue weighted by Gasteiger charge is -2.20. The third kappa shape index (κ3) is 5.20. The molecule has 0 saturated heterocycles. The Hall–Kier alpha value is -0.370. The number of alkyl halides is 1. The smallest absolute Gasteiger partial charge is 0.123 e. The third-order valence-corrected chi connectivity index (χ3v) is 4.37. The standard InChI is InChI=1S/C15H22BrF/c1-3-12(4-2)8-14(11-16)9-13-6-5-7-15(17)10-13/h5-7,10,12,14H,3-4,8-9,11H2,1-2H3. The first-order valence-electron chi connectivity index (χ1n) is 6.49. The van der Waals surface area contributed by atoms with Gasteiger partial charge in [0.2, 0.25) is 0 Å². The predicted molar refractivity (Wildman–Crippen MR) is 76.1 cm³/mol. The molecule has 1 rings (SSSR count). The summed E-state index contributed by atoms with van der Waals surface area (Å²) in [6.07, 6.45) is 4.68. The number of hydrogen-bond donors (Lipinski definition) is 0. The van der Waals surface area contributed by atoms with Gasteiger partial charge in [-0.3, -0.25) is 0 Å². The maximum atomic E-state index is 13.1. The van der Waals surface area contributed by atoms with Gasteiger partial charge in [-0.25, -0.2) is 4.39 Å². The minimum Gasteiger partial charge on any atom is -0.207 e. The molecule has 0 radical (unpaired) electrons. The molecule has 96 valence electrons. The van der Waals surface area contributed by atoms with E-state index in [9.17, 15) is 4.39 Å². The van der Waals surface area contributed by atoms with Crippen LogP contribution in [0.15, 0.2) is 24.3 Å². The first kappa shape index (κ1) is 14.7. The van der Waals surface area contributed by atoms with E-state index in [1.807, 2.05) is 6.07 Å². The molecule has 0 aliphatic rings. The summed E-state index contributed by atoms with van der Waals surface area (Å²) >= 11 is 3.58. The van der Waals surface area contributed by atoms with Crippen LogP contribution in [0.25, 0.3) is 0 Å². The molecule has 0 bridgehead atoms. The minimum absolute atomic E-state index is 0.127. The van der Waals surface area contributed by atoms with Crippen LogP contribution in [0.4, 0.5) is 4.39 Å². The van der Waals surface area contributed by atoms with E-state index in [1.165, 1.54) is 25.3 Å². The van der Waals surface area contributed by atoms with Crippen LogP contribution in [0.3, 0.4) is 0 Å². The molecule has 0 aliphatic heterocycles. The summed E-state index contributed by atoms with van der Waals surface area (Å²) in [6, 6.07) is 6.98. The van der Waals surface area contributed by atoms with Crippen LogP contribution in [-0.2, 0) is 6.42 Å². The largest absolute Gasteiger partial charge is 0.207 e. The van der Waals surface area contributed by atoms with Crippen molar-refractivity contribution in [1.82, 2.24) is 0 Å². The van der Waals surface area contributed by atoms with Gasteiger partial charge in [-0.1, -0.05) is 54.8 Å². The van der Waals surface area contributed by atoms with Gasteiger partial charge in [0.25, 0.3) is 0 Å². The molecule has 0 N–H and O–H groups in total. The second-order valence-electron chi connectivity index (χ2n) is 4.77. The van der Waals surface area contributed by atoms with Gasteiger partial charge < -0.3 is 0 Å². The second-order valence-corrected chi connectivity index (χ2v) is 5.42. The van der Waals surface area contributed by atoms with E-state index in [1.54, 1.807) is 12.1 Å². The summed E-state index contributed by atoms with van der Waals surface area (Å²) in [7, 11) is 0. The highest BCUT2D eigenvalue weighted by molar-refractivity contribution is 9.09. The Morgan fingerprint density at radius 2 is 1.88 bits per heavy atom. The third-order valence-electron chi connectivity index (χ3n) is 3.45. The predicted octanol–water partition coefficient (Wildman–Crippen LogP) is 5.21. The Bertz CT molecular complexity index is 320. The molecule has 1 aromatic carbocycles. The summed E-state index contributed by atoms with van der Waals surface area (Å²) in [6.45, 7) is 4.50. The Kier molecular flexibility index (Phi) is 6.79. The van der Waals surface area contributed by atoms with Crippen molar-refractivity contribution in [2.75, 3.05) is 5.33 Å². The topological polar surface area (TPSA) is 0 Å². The van der Waals surface area contributed by atoms with E-state index in [-0.39, 0.29) is 5.82 Å². The molecular formula is C15H22BrF. The average Bonchev–Trinajstić information content (AvgIpc) is 2.34. The van der Waals surface area contributed by atoms with Crippen molar-refractivity contribution in [2.24, 2.45) is 11.8 Å². The van der Waals surface area contributed by atoms with Gasteiger partial charge in [0.1, 0.15) is 5.82 Å². The zero-order chi connectivity index (χ0) is 12.7. The van der Waals surface area contributed by atoms with Gasteiger partial charge in [-0.15, -0.1) is 0 Å². The highest BCUT2D eigenvalue weighted by atomic mass is 79.9. The molecule has 0 aromatic heterocycles. The van der Waals surface area contributed by atoms with Crippen molar-refractivity contribution >= 4 is 15.9 Å². The monoisotopic (exact) mass is 300 g/mol. The average molecular weight is 301 g/mol. The summed E-state index contributed by atoms with van der Waals surface area (Å²) in [5.74, 6) is 1.28. The molecule has 1 aromatic rings. The van der Waals surface area contributed by atoms with Gasteiger partial charge in [-0.05, 0) is 42.4 Å². The molecule has 0 saturated carbocycles. The zero-order valence-corrected chi connectivity index (χ0v) is 12.3. The lowest BCUT2D eigenvalue weighted by molar-refractivity contribution is 0.374. The molecule has 0 heterocycles. The zero-order valence-electron chi connectivity index (χ0n) is 10.8. The van der Waals surface area contributed by atoms with Crippen LogP contribution in [0, 0.1) is 17.7 Å². The Morgan fingerprint density at radius 1 is 1.18 bits per heavy atom. The molecular weight excluding hydrogens is 279 g/mol. The quantitative estimate of drug-likeness (QED) is 0.607. The van der Waals surface area contributed by atoms with E-state index in [0.29, 0.717) is 5.92 Å². The SMILES string of the molecule is CCC(CC)CC(CBr)Cc1cccc(F)c1. The molecule has 17 heavy (non-hydrogen) atoms. The van der Waals surface area contributed by atoms with E-state index in [4.69, 9.17) is 0 Å². The highest BCUT2D eigenvalue weighted by Gasteiger charge is 2.14. The van der Waals surface area contributed by atoms with Crippen LogP contribution >= 0.6 is 15.9 Å². The van der Waals surface area contributed by atoms with Crippen molar-refractivity contribution in [3.8, 4) is 0 Å². The molecule has 0 spiro atoms. The van der Waals surface area contributed by atoms with E-state index in [0.717, 1.165) is 23.2 Å². The normalized spacial score (nSPS) is 13.0. The van der Waals surface area contributed by atoms with E-state index < -0.39 is 0 Å². The van der Waals surface area contributed by atoms with Crippen LogP contribution in [-0.4, -0.2) is 5.33 Å². The lowest BCUT2D eigenvalue weighted by Crippen LogP contribution is -2.12. The van der Waals surface area contributed by atoms with Crippen molar-refractivity contribution in [3.05, 3.63) is 35.6 Å². The molecule has 0 nitrogen and oxygen atoms in total. The summed E-state index contributed by atoms with van der Waals surface area (Å²) in [4.78, 5) is 0. The molecule has 0 aliphatic carbocycles. The lowest BCUT2D eigenvalue weighted by atomic mass is 9.88. The van der Waals surface area contributed by atoms with Gasteiger partial charge >= 0.3 is 0 Å². The maximum absolute atomic E-state index is 13.1. The molecule has 2 heteroatoms. The van der Waals surface area contributed by atoms with Crippen molar-refractivity contribution < 1.29 is 4.39 Å². The molecule has 1 atom stereocenters. The van der Waals surface area contributed by atoms with Crippen LogP contribution in [0.2, 0.25) is 0 Å². The Balaban J connectivity index is 2.57. The molecule has 1 unspecified atom stereocenters. The van der Waals surface area contributed by atoms with Crippen molar-refractivity contribution in [3.63, 3.8) is 0 Å². The van der Waals surface area contributed by atoms with Gasteiger partial charge in [0, 0.05) is 5.33 Å². The number of hydrogen-bond acceptors (Lipinski definition) is 0. The second kappa shape index (κ2) is 7.86. The van der Waals surface area contributed by atoms with E-state index in [2.05, 4.69) is 29.8 Å². The van der Waals surface area contributed by atoms with Gasteiger partial charge in [-0.2, -0.15) is 0 Å². The van der Waals surface area contributed by atoms with Crippen molar-refractivity contribution in [2.45, 2.75) is 39.5 Å². The van der Waals surface area contributed by atoms with Gasteiger partial charge in [0.15, 0.2) is 0 Å². The first-order valence-corrected chi connectivity index (χ1v) is 7.62. The fourth-order valence-electron chi connectivity index (χ4n) is 2.29. The molecule has 0 fully saturated rings. The van der Waals surface area contributed by atoms with Crippen molar-refractivity contribution in [1.29, 1.82) is 0 Å². The Labute approximate surface area is 113 Å². The summed E-state index contributed by atoms with van der Waals surface area (Å²) in [5, 5.41) is 1.00. The fraction of sp³-hybridized carbons (Fsp3) is 0.600. The summed E-state index contributed by atoms with van der Waals surface area (Å²) < 4.78 is 13.1. The highest BCUT2D eigenvalue weighted by Crippen LogP contribution is 2.23. The number of rotatable bonds is 7. The van der Waals surface area contributed by atoms with Crippen LogP contribution in [0.5, 0.6) is 0 Å². The number of benzene rings is 1. The summed E-state index contributed by atoms with van der Waals surface area (Å²) in [5.41, 5.74) is 1.11.